The van der Waals surface area contributed by atoms with Gasteiger partial charge >= 0.3 is 6.03 Å². The number of carbonyl (C=O) groups is 1. The van der Waals surface area contributed by atoms with Crippen molar-refractivity contribution in [1.82, 2.24) is 14.9 Å². The number of benzene rings is 2. The summed E-state index contributed by atoms with van der Waals surface area (Å²) in [5.41, 5.74) is 9.48. The minimum Gasteiger partial charge on any atom is -0.369 e. The average Bonchev–Trinajstić information content (AvgIpc) is 2.82. The van der Waals surface area contributed by atoms with Gasteiger partial charge in [0, 0.05) is 6.54 Å². The molecule has 0 aliphatic carbocycles. The van der Waals surface area contributed by atoms with Crippen LogP contribution in [0.5, 0.6) is 0 Å². The maximum absolute atomic E-state index is 12.4. The molecule has 0 fully saturated rings. The van der Waals surface area contributed by atoms with E-state index in [0.717, 1.165) is 11.1 Å². The Hall–Kier alpha value is -2.82. The number of imidazole rings is 1. The first-order chi connectivity index (χ1) is 10.2. The summed E-state index contributed by atoms with van der Waals surface area (Å²) in [5, 5.41) is 2.88. The fourth-order valence-corrected chi connectivity index (χ4v) is 2.32. The van der Waals surface area contributed by atoms with Gasteiger partial charge in [-0.05, 0) is 30.2 Å². The van der Waals surface area contributed by atoms with E-state index in [0.29, 0.717) is 17.6 Å². The quantitative estimate of drug-likeness (QED) is 0.758. The van der Waals surface area contributed by atoms with Crippen molar-refractivity contribution in [3.63, 3.8) is 0 Å². The predicted molar refractivity (Wildman–Crippen MR) is 83.0 cm³/mol. The molecular weight excluding hydrogens is 264 g/mol. The molecule has 3 rings (SSSR count). The molecular formula is C16H16N4O. The fraction of sp³-hybridized carbons (Fsp3) is 0.125. The molecule has 0 bridgehead atoms. The number of hydrogen-bond donors (Lipinski definition) is 2. The number of nitrogen functional groups attached to an aromatic ring is 1. The van der Waals surface area contributed by atoms with Gasteiger partial charge in [0.15, 0.2) is 0 Å². The number of nitrogens with zero attached hydrogens (tertiary/aromatic N) is 2. The number of fused-ring (bicyclic) bond motifs is 1. The molecule has 2 aromatic carbocycles. The summed E-state index contributed by atoms with van der Waals surface area (Å²) in [4.78, 5) is 16.5. The summed E-state index contributed by atoms with van der Waals surface area (Å²) in [6, 6.07) is 15.0. The highest BCUT2D eigenvalue weighted by Crippen LogP contribution is 2.17. The molecule has 3 aromatic rings. The van der Waals surface area contributed by atoms with Crippen LogP contribution in [0.3, 0.4) is 0 Å². The normalized spacial score (nSPS) is 10.7. The molecule has 3 N–H and O–H groups in total. The maximum Gasteiger partial charge on any atom is 0.329 e. The molecule has 0 aliphatic heterocycles. The molecule has 1 aromatic heterocycles. The maximum atomic E-state index is 12.4. The van der Waals surface area contributed by atoms with Gasteiger partial charge in [-0.25, -0.2) is 14.3 Å². The van der Waals surface area contributed by atoms with Crippen LogP contribution in [-0.4, -0.2) is 15.6 Å². The zero-order chi connectivity index (χ0) is 14.8. The van der Waals surface area contributed by atoms with E-state index >= 15 is 0 Å². The van der Waals surface area contributed by atoms with Crippen LogP contribution >= 0.6 is 0 Å². The van der Waals surface area contributed by atoms with Crippen LogP contribution in [0.25, 0.3) is 11.0 Å². The molecule has 0 unspecified atom stereocenters. The van der Waals surface area contributed by atoms with Crippen molar-refractivity contribution in [3.05, 3.63) is 59.7 Å². The van der Waals surface area contributed by atoms with Gasteiger partial charge in [-0.1, -0.05) is 36.4 Å². The second-order valence-electron chi connectivity index (χ2n) is 4.88. The van der Waals surface area contributed by atoms with Crippen molar-refractivity contribution < 1.29 is 4.79 Å². The Bertz CT molecular complexity index is 807. The molecule has 0 atom stereocenters. The third-order valence-corrected chi connectivity index (χ3v) is 3.48. The highest BCUT2D eigenvalue weighted by molar-refractivity contribution is 5.92. The number of para-hydroxylation sites is 2. The number of carbonyl (C=O) groups excluding carboxylic acids is 1. The van der Waals surface area contributed by atoms with Crippen LogP contribution in [0.2, 0.25) is 0 Å². The predicted octanol–water partition coefficient (Wildman–Crippen LogP) is 2.68. The third-order valence-electron chi connectivity index (χ3n) is 3.48. The van der Waals surface area contributed by atoms with E-state index < -0.39 is 0 Å². The summed E-state index contributed by atoms with van der Waals surface area (Å²) < 4.78 is 1.40. The molecule has 0 aliphatic rings. The van der Waals surface area contributed by atoms with Gasteiger partial charge in [0.1, 0.15) is 0 Å². The zero-order valence-corrected chi connectivity index (χ0v) is 11.7. The second kappa shape index (κ2) is 5.28. The van der Waals surface area contributed by atoms with Crippen LogP contribution in [-0.2, 0) is 6.54 Å². The van der Waals surface area contributed by atoms with E-state index in [1.807, 2.05) is 55.5 Å². The van der Waals surface area contributed by atoms with Crippen LogP contribution in [0.15, 0.2) is 48.5 Å². The summed E-state index contributed by atoms with van der Waals surface area (Å²) in [5.74, 6) is 0.193. The molecule has 5 nitrogen and oxygen atoms in total. The Morgan fingerprint density at radius 2 is 1.90 bits per heavy atom. The number of anilines is 1. The molecule has 0 saturated heterocycles. The summed E-state index contributed by atoms with van der Waals surface area (Å²) >= 11 is 0. The Kier molecular flexibility index (Phi) is 3.31. The summed E-state index contributed by atoms with van der Waals surface area (Å²) in [7, 11) is 0. The zero-order valence-electron chi connectivity index (χ0n) is 11.7. The topological polar surface area (TPSA) is 72.9 Å². The molecule has 0 radical (unpaired) electrons. The Morgan fingerprint density at radius 3 is 2.71 bits per heavy atom. The summed E-state index contributed by atoms with van der Waals surface area (Å²) in [6.45, 7) is 2.47. The number of amides is 1. The highest BCUT2D eigenvalue weighted by Gasteiger charge is 2.14. The standard InChI is InChI=1S/C16H16N4O/c1-11-6-2-3-7-12(11)10-18-16(21)20-14-9-5-4-8-13(14)19-15(20)17/h2-9H,10H2,1H3,(H2,17,19)(H,18,21). The van der Waals surface area contributed by atoms with Crippen molar-refractivity contribution in [2.45, 2.75) is 13.5 Å². The second-order valence-corrected chi connectivity index (χ2v) is 4.88. The number of hydrogen-bond acceptors (Lipinski definition) is 3. The first-order valence-corrected chi connectivity index (χ1v) is 6.72. The molecule has 0 saturated carbocycles. The van der Waals surface area contributed by atoms with Gasteiger partial charge in [0.2, 0.25) is 5.95 Å². The first-order valence-electron chi connectivity index (χ1n) is 6.72. The van der Waals surface area contributed by atoms with E-state index in [1.165, 1.54) is 4.57 Å². The summed E-state index contributed by atoms with van der Waals surface area (Å²) in [6.07, 6.45) is 0. The Morgan fingerprint density at radius 1 is 1.19 bits per heavy atom. The van der Waals surface area contributed by atoms with Crippen LogP contribution in [0.1, 0.15) is 11.1 Å². The van der Waals surface area contributed by atoms with Crippen molar-refractivity contribution in [2.24, 2.45) is 0 Å². The number of aromatic nitrogens is 2. The van der Waals surface area contributed by atoms with E-state index in [-0.39, 0.29) is 12.0 Å². The lowest BCUT2D eigenvalue weighted by Crippen LogP contribution is -2.29. The average molecular weight is 280 g/mol. The van der Waals surface area contributed by atoms with Crippen LogP contribution < -0.4 is 11.1 Å². The van der Waals surface area contributed by atoms with Gasteiger partial charge in [-0.15, -0.1) is 0 Å². The van der Waals surface area contributed by atoms with Gasteiger partial charge in [0.05, 0.1) is 11.0 Å². The molecule has 0 spiro atoms. The highest BCUT2D eigenvalue weighted by atomic mass is 16.2. The lowest BCUT2D eigenvalue weighted by atomic mass is 10.1. The Labute approximate surface area is 122 Å². The molecule has 21 heavy (non-hydrogen) atoms. The third kappa shape index (κ3) is 2.45. The van der Waals surface area contributed by atoms with E-state index in [1.54, 1.807) is 0 Å². The van der Waals surface area contributed by atoms with E-state index in [2.05, 4.69) is 10.3 Å². The molecule has 1 amide bonds. The van der Waals surface area contributed by atoms with Gasteiger partial charge in [0.25, 0.3) is 0 Å². The van der Waals surface area contributed by atoms with Gasteiger partial charge < -0.3 is 11.1 Å². The Balaban J connectivity index is 1.85. The van der Waals surface area contributed by atoms with Crippen molar-refractivity contribution >= 4 is 23.0 Å². The molecule has 5 heteroatoms. The van der Waals surface area contributed by atoms with Crippen molar-refractivity contribution in [2.75, 3.05) is 5.73 Å². The first kappa shape index (κ1) is 13.2. The van der Waals surface area contributed by atoms with Crippen LogP contribution in [0.4, 0.5) is 10.7 Å². The smallest absolute Gasteiger partial charge is 0.329 e. The molecule has 1 heterocycles. The van der Waals surface area contributed by atoms with Gasteiger partial charge in [-0.2, -0.15) is 0 Å². The largest absolute Gasteiger partial charge is 0.369 e. The SMILES string of the molecule is Cc1ccccc1CNC(=O)n1c(N)nc2ccccc21. The van der Waals surface area contributed by atoms with E-state index in [4.69, 9.17) is 5.73 Å². The van der Waals surface area contributed by atoms with Crippen molar-refractivity contribution in [1.29, 1.82) is 0 Å². The number of rotatable bonds is 2. The monoisotopic (exact) mass is 280 g/mol. The molecule has 106 valence electrons. The number of nitrogens with one attached hydrogen (secondary N) is 1. The number of nitrogens with two attached hydrogens (primary N) is 1. The van der Waals surface area contributed by atoms with Crippen molar-refractivity contribution in [3.8, 4) is 0 Å². The lowest BCUT2D eigenvalue weighted by Gasteiger charge is -2.09. The minimum absolute atomic E-state index is 0.193. The van der Waals surface area contributed by atoms with Gasteiger partial charge in [-0.3, -0.25) is 0 Å². The van der Waals surface area contributed by atoms with E-state index in [9.17, 15) is 4.79 Å². The fourth-order valence-electron chi connectivity index (χ4n) is 2.32. The lowest BCUT2D eigenvalue weighted by molar-refractivity contribution is 0.243. The number of aryl methyl sites for hydroxylation is 1. The minimum atomic E-state index is -0.274. The van der Waals surface area contributed by atoms with Crippen LogP contribution in [0, 0.1) is 6.92 Å².